The topological polar surface area (TPSA) is 71.8 Å². The molecule has 0 saturated heterocycles. The number of fused-ring (bicyclic) bond motifs is 3. The third-order valence-electron chi connectivity index (χ3n) is 2.65. The lowest BCUT2D eigenvalue weighted by atomic mass is 10.2. The molecule has 0 atom stereocenters. The summed E-state index contributed by atoms with van der Waals surface area (Å²) in [7, 11) is 0. The average molecular weight is 216 g/mol. The molecule has 82 valence electrons. The minimum Gasteiger partial charge on any atom is -0.261 e. The molecule has 0 saturated carbocycles. The molecular weight excluding hydrogens is 204 g/mol. The summed E-state index contributed by atoms with van der Waals surface area (Å²) in [5, 5.41) is 12.0. The summed E-state index contributed by atoms with van der Waals surface area (Å²) < 4.78 is 1.80. The summed E-state index contributed by atoms with van der Waals surface area (Å²) in [5.74, 6) is 0.936. The van der Waals surface area contributed by atoms with Crippen molar-refractivity contribution in [2.75, 3.05) is 0 Å². The molecule has 3 heterocycles. The van der Waals surface area contributed by atoms with Crippen LogP contribution in [0.5, 0.6) is 0 Å². The molecular formula is C10H12N6. The zero-order chi connectivity index (χ0) is 11.0. The molecule has 3 rings (SSSR count). The van der Waals surface area contributed by atoms with Crippen LogP contribution in [0, 0.1) is 0 Å². The van der Waals surface area contributed by atoms with Crippen molar-refractivity contribution in [3.63, 3.8) is 0 Å². The number of nitrogens with zero attached hydrogens (tertiary/aromatic N) is 5. The third-order valence-corrected chi connectivity index (χ3v) is 2.65. The van der Waals surface area contributed by atoms with Crippen molar-refractivity contribution in [2.24, 2.45) is 0 Å². The van der Waals surface area contributed by atoms with Crippen molar-refractivity contribution >= 4 is 16.7 Å². The second-order valence-corrected chi connectivity index (χ2v) is 3.76. The quantitative estimate of drug-likeness (QED) is 0.717. The number of nitrogens with one attached hydrogen (secondary N) is 1. The van der Waals surface area contributed by atoms with Gasteiger partial charge in [-0.15, -0.1) is 0 Å². The van der Waals surface area contributed by atoms with Crippen LogP contribution in [-0.2, 0) is 6.42 Å². The SMILES string of the molecule is CCCCc1nc2[nH]ncc2c2ncnn12. The Morgan fingerprint density at radius 3 is 3.25 bits per heavy atom. The molecule has 3 aromatic rings. The lowest BCUT2D eigenvalue weighted by molar-refractivity contribution is 0.718. The fraction of sp³-hybridized carbons (Fsp3) is 0.400. The Morgan fingerprint density at radius 1 is 1.44 bits per heavy atom. The first-order chi connectivity index (χ1) is 7.90. The molecule has 0 aliphatic heterocycles. The molecule has 0 spiro atoms. The van der Waals surface area contributed by atoms with E-state index in [1.807, 2.05) is 0 Å². The number of unbranched alkanes of at least 4 members (excludes halogenated alkanes) is 1. The lowest BCUT2D eigenvalue weighted by Crippen LogP contribution is -2.03. The smallest absolute Gasteiger partial charge is 0.170 e. The van der Waals surface area contributed by atoms with Crippen LogP contribution in [0.25, 0.3) is 16.7 Å². The van der Waals surface area contributed by atoms with Crippen LogP contribution in [0.4, 0.5) is 0 Å². The van der Waals surface area contributed by atoms with Crippen molar-refractivity contribution < 1.29 is 0 Å². The van der Waals surface area contributed by atoms with E-state index in [0.29, 0.717) is 0 Å². The molecule has 6 nitrogen and oxygen atoms in total. The van der Waals surface area contributed by atoms with Crippen LogP contribution >= 0.6 is 0 Å². The molecule has 0 aromatic carbocycles. The number of hydrogen-bond donors (Lipinski definition) is 1. The van der Waals surface area contributed by atoms with Gasteiger partial charge in [0, 0.05) is 6.42 Å². The molecule has 0 aliphatic carbocycles. The van der Waals surface area contributed by atoms with Gasteiger partial charge in [0.1, 0.15) is 12.2 Å². The summed E-state index contributed by atoms with van der Waals surface area (Å²) in [5.41, 5.74) is 1.61. The fourth-order valence-electron chi connectivity index (χ4n) is 1.82. The summed E-state index contributed by atoms with van der Waals surface area (Å²) in [4.78, 5) is 8.76. The zero-order valence-electron chi connectivity index (χ0n) is 9.01. The van der Waals surface area contributed by atoms with Gasteiger partial charge < -0.3 is 0 Å². The highest BCUT2D eigenvalue weighted by atomic mass is 15.3. The average Bonchev–Trinajstić information content (AvgIpc) is 2.92. The standard InChI is InChI=1S/C10H12N6/c1-2-3-4-8-14-9-7(5-12-15-9)10-11-6-13-16(8)10/h5-6H,2-4H2,1H3,(H,12,15). The molecule has 6 heteroatoms. The highest BCUT2D eigenvalue weighted by Gasteiger charge is 2.10. The van der Waals surface area contributed by atoms with Crippen molar-refractivity contribution in [3.05, 3.63) is 18.3 Å². The van der Waals surface area contributed by atoms with Gasteiger partial charge in [0.2, 0.25) is 0 Å². The predicted octanol–water partition coefficient (Wildman–Crippen LogP) is 1.34. The van der Waals surface area contributed by atoms with Crippen LogP contribution < -0.4 is 0 Å². The molecule has 0 aliphatic rings. The van der Waals surface area contributed by atoms with E-state index >= 15 is 0 Å². The van der Waals surface area contributed by atoms with Crippen LogP contribution in [-0.4, -0.2) is 29.8 Å². The summed E-state index contributed by atoms with van der Waals surface area (Å²) in [6.45, 7) is 2.16. The fourth-order valence-corrected chi connectivity index (χ4v) is 1.82. The van der Waals surface area contributed by atoms with E-state index in [0.717, 1.165) is 41.8 Å². The number of aromatic amines is 1. The molecule has 1 N–H and O–H groups in total. The van der Waals surface area contributed by atoms with E-state index in [9.17, 15) is 0 Å². The van der Waals surface area contributed by atoms with Crippen LogP contribution in [0.15, 0.2) is 12.5 Å². The number of rotatable bonds is 3. The van der Waals surface area contributed by atoms with Crippen LogP contribution in [0.1, 0.15) is 25.6 Å². The number of hydrogen-bond acceptors (Lipinski definition) is 4. The molecule has 0 bridgehead atoms. The summed E-state index contributed by atoms with van der Waals surface area (Å²) in [6, 6.07) is 0. The maximum Gasteiger partial charge on any atom is 0.170 e. The third kappa shape index (κ3) is 1.26. The van der Waals surface area contributed by atoms with Gasteiger partial charge in [-0.1, -0.05) is 13.3 Å². The molecule has 0 amide bonds. The highest BCUT2D eigenvalue weighted by Crippen LogP contribution is 2.15. The Morgan fingerprint density at radius 2 is 2.38 bits per heavy atom. The zero-order valence-corrected chi connectivity index (χ0v) is 9.01. The summed E-state index contributed by atoms with van der Waals surface area (Å²) >= 11 is 0. The van der Waals surface area contributed by atoms with Gasteiger partial charge in [0.25, 0.3) is 0 Å². The van der Waals surface area contributed by atoms with E-state index in [-0.39, 0.29) is 0 Å². The van der Waals surface area contributed by atoms with Crippen molar-refractivity contribution in [3.8, 4) is 0 Å². The van der Waals surface area contributed by atoms with E-state index in [1.165, 1.54) is 0 Å². The van der Waals surface area contributed by atoms with E-state index in [4.69, 9.17) is 0 Å². The minimum absolute atomic E-state index is 0.784. The van der Waals surface area contributed by atoms with Gasteiger partial charge in [-0.3, -0.25) is 5.10 Å². The number of aryl methyl sites for hydroxylation is 1. The van der Waals surface area contributed by atoms with Crippen molar-refractivity contribution in [2.45, 2.75) is 26.2 Å². The predicted molar refractivity (Wildman–Crippen MR) is 59.0 cm³/mol. The van der Waals surface area contributed by atoms with Gasteiger partial charge in [-0.25, -0.2) is 9.97 Å². The Kier molecular flexibility index (Phi) is 2.05. The Balaban J connectivity index is 2.26. The highest BCUT2D eigenvalue weighted by molar-refractivity contribution is 5.87. The Hall–Kier alpha value is -1.98. The van der Waals surface area contributed by atoms with Crippen LogP contribution in [0.2, 0.25) is 0 Å². The number of H-pyrrole nitrogens is 1. The maximum absolute atomic E-state index is 4.52. The van der Waals surface area contributed by atoms with Gasteiger partial charge in [0.05, 0.1) is 11.6 Å². The first-order valence-corrected chi connectivity index (χ1v) is 5.42. The van der Waals surface area contributed by atoms with Crippen molar-refractivity contribution in [1.29, 1.82) is 0 Å². The largest absolute Gasteiger partial charge is 0.261 e. The number of aromatic nitrogens is 6. The van der Waals surface area contributed by atoms with E-state index < -0.39 is 0 Å². The molecule has 0 radical (unpaired) electrons. The Bertz CT molecular complexity index is 622. The minimum atomic E-state index is 0.784. The maximum atomic E-state index is 4.52. The first-order valence-electron chi connectivity index (χ1n) is 5.42. The lowest BCUT2D eigenvalue weighted by Gasteiger charge is -2.02. The van der Waals surface area contributed by atoms with Crippen LogP contribution in [0.3, 0.4) is 0 Å². The first kappa shape index (κ1) is 9.26. The molecule has 3 aromatic heterocycles. The second kappa shape index (κ2) is 3.55. The monoisotopic (exact) mass is 216 g/mol. The molecule has 16 heavy (non-hydrogen) atoms. The second-order valence-electron chi connectivity index (χ2n) is 3.76. The molecule has 0 unspecified atom stereocenters. The Labute approximate surface area is 91.7 Å². The van der Waals surface area contributed by atoms with E-state index in [1.54, 1.807) is 17.0 Å². The normalized spacial score (nSPS) is 11.6. The molecule has 0 fully saturated rings. The van der Waals surface area contributed by atoms with Crippen molar-refractivity contribution in [1.82, 2.24) is 29.8 Å². The van der Waals surface area contributed by atoms with Gasteiger partial charge in [-0.2, -0.15) is 14.7 Å². The summed E-state index contributed by atoms with van der Waals surface area (Å²) in [6.07, 6.45) is 6.43. The van der Waals surface area contributed by atoms with Gasteiger partial charge in [0.15, 0.2) is 11.3 Å². The van der Waals surface area contributed by atoms with E-state index in [2.05, 4.69) is 32.2 Å². The van der Waals surface area contributed by atoms with Gasteiger partial charge >= 0.3 is 0 Å². The van der Waals surface area contributed by atoms with Gasteiger partial charge in [-0.05, 0) is 6.42 Å².